The number of carbonyl (C=O) groups excluding carboxylic acids is 1. The van der Waals surface area contributed by atoms with Gasteiger partial charge in [-0.05, 0) is 25.1 Å². The predicted octanol–water partition coefficient (Wildman–Crippen LogP) is 1.16. The summed E-state index contributed by atoms with van der Waals surface area (Å²) in [5, 5.41) is 10.5. The van der Waals surface area contributed by atoms with Crippen LogP contribution in [0.3, 0.4) is 0 Å². The molecule has 3 heterocycles. The van der Waals surface area contributed by atoms with Crippen molar-refractivity contribution < 1.29 is 4.79 Å². The Morgan fingerprint density at radius 3 is 3.23 bits per heavy atom. The van der Waals surface area contributed by atoms with Crippen molar-refractivity contribution in [3.8, 4) is 0 Å². The number of aryl methyl sites for hydroxylation is 1. The molecular weight excluding hydrogens is 280 g/mol. The SMILES string of the molecule is CN(CC(=O)Nc1cnn2c1NCCC2)Cc1cccnc1. The molecule has 0 radical (unpaired) electrons. The van der Waals surface area contributed by atoms with Gasteiger partial charge in [-0.1, -0.05) is 6.07 Å². The number of amides is 1. The van der Waals surface area contributed by atoms with Gasteiger partial charge < -0.3 is 10.6 Å². The van der Waals surface area contributed by atoms with E-state index < -0.39 is 0 Å². The second-order valence-electron chi connectivity index (χ2n) is 5.49. The molecule has 0 aromatic carbocycles. The van der Waals surface area contributed by atoms with Gasteiger partial charge in [-0.15, -0.1) is 0 Å². The van der Waals surface area contributed by atoms with Crippen LogP contribution in [0.5, 0.6) is 0 Å². The lowest BCUT2D eigenvalue weighted by Gasteiger charge is -2.18. The van der Waals surface area contributed by atoms with E-state index in [9.17, 15) is 4.79 Å². The van der Waals surface area contributed by atoms with Crippen molar-refractivity contribution in [2.45, 2.75) is 19.5 Å². The highest BCUT2D eigenvalue weighted by Gasteiger charge is 2.16. The molecule has 116 valence electrons. The first kappa shape index (κ1) is 14.5. The summed E-state index contributed by atoms with van der Waals surface area (Å²) >= 11 is 0. The molecule has 1 aliphatic rings. The first-order chi connectivity index (χ1) is 10.7. The molecule has 0 atom stereocenters. The summed E-state index contributed by atoms with van der Waals surface area (Å²) < 4.78 is 1.89. The number of hydrogen-bond donors (Lipinski definition) is 2. The van der Waals surface area contributed by atoms with Crippen molar-refractivity contribution in [1.82, 2.24) is 19.7 Å². The Bertz CT molecular complexity index is 639. The fraction of sp³-hybridized carbons (Fsp3) is 0.400. The van der Waals surface area contributed by atoms with Crippen molar-refractivity contribution in [2.75, 3.05) is 30.8 Å². The van der Waals surface area contributed by atoms with Gasteiger partial charge in [0.25, 0.3) is 0 Å². The molecule has 2 N–H and O–H groups in total. The monoisotopic (exact) mass is 300 g/mol. The number of hydrogen-bond acceptors (Lipinski definition) is 5. The Morgan fingerprint density at radius 2 is 2.41 bits per heavy atom. The fourth-order valence-electron chi connectivity index (χ4n) is 2.56. The Balaban J connectivity index is 1.55. The summed E-state index contributed by atoms with van der Waals surface area (Å²) in [6.07, 6.45) is 6.31. The number of nitrogens with one attached hydrogen (secondary N) is 2. The molecule has 1 amide bonds. The van der Waals surface area contributed by atoms with E-state index in [1.165, 1.54) is 0 Å². The zero-order valence-corrected chi connectivity index (χ0v) is 12.6. The highest BCUT2D eigenvalue weighted by atomic mass is 16.2. The van der Waals surface area contributed by atoms with Gasteiger partial charge in [-0.3, -0.25) is 14.7 Å². The lowest BCUT2D eigenvalue weighted by molar-refractivity contribution is -0.117. The highest BCUT2D eigenvalue weighted by Crippen LogP contribution is 2.23. The van der Waals surface area contributed by atoms with E-state index in [0.29, 0.717) is 13.1 Å². The molecule has 1 aliphatic heterocycles. The smallest absolute Gasteiger partial charge is 0.238 e. The highest BCUT2D eigenvalue weighted by molar-refractivity contribution is 5.94. The zero-order valence-electron chi connectivity index (χ0n) is 12.6. The van der Waals surface area contributed by atoms with Gasteiger partial charge in [0.05, 0.1) is 12.7 Å². The molecule has 3 rings (SSSR count). The van der Waals surface area contributed by atoms with E-state index in [2.05, 4.69) is 20.7 Å². The van der Waals surface area contributed by atoms with E-state index in [1.807, 2.05) is 35.0 Å². The predicted molar refractivity (Wildman–Crippen MR) is 84.5 cm³/mol. The van der Waals surface area contributed by atoms with E-state index in [1.54, 1.807) is 12.4 Å². The van der Waals surface area contributed by atoms with E-state index in [4.69, 9.17) is 0 Å². The first-order valence-corrected chi connectivity index (χ1v) is 7.39. The van der Waals surface area contributed by atoms with Crippen LogP contribution in [-0.4, -0.2) is 45.7 Å². The van der Waals surface area contributed by atoms with Crippen LogP contribution in [0.2, 0.25) is 0 Å². The number of aromatic nitrogens is 3. The minimum Gasteiger partial charge on any atom is -0.368 e. The van der Waals surface area contributed by atoms with Crippen molar-refractivity contribution >= 4 is 17.4 Å². The molecule has 2 aromatic rings. The summed E-state index contributed by atoms with van der Waals surface area (Å²) in [7, 11) is 1.91. The molecule has 0 saturated carbocycles. The summed E-state index contributed by atoms with van der Waals surface area (Å²) in [5.74, 6) is 0.851. The molecule has 0 unspecified atom stereocenters. The topological polar surface area (TPSA) is 75.1 Å². The molecule has 0 bridgehead atoms. The van der Waals surface area contributed by atoms with Crippen molar-refractivity contribution in [1.29, 1.82) is 0 Å². The standard InChI is InChI=1S/C15H20N6O/c1-20(10-12-4-2-5-16-8-12)11-14(22)19-13-9-18-21-7-3-6-17-15(13)21/h2,4-5,8-9,17H,3,6-7,10-11H2,1H3,(H,19,22). The Kier molecular flexibility index (Phi) is 4.34. The van der Waals surface area contributed by atoms with Crippen molar-refractivity contribution in [3.05, 3.63) is 36.3 Å². The van der Waals surface area contributed by atoms with Crippen LogP contribution in [-0.2, 0) is 17.9 Å². The Morgan fingerprint density at radius 1 is 1.50 bits per heavy atom. The van der Waals surface area contributed by atoms with Gasteiger partial charge in [-0.2, -0.15) is 5.10 Å². The number of pyridine rings is 1. The minimum atomic E-state index is -0.0467. The lowest BCUT2D eigenvalue weighted by atomic mass is 10.2. The molecule has 0 saturated heterocycles. The van der Waals surface area contributed by atoms with Crippen LogP contribution in [0.25, 0.3) is 0 Å². The largest absolute Gasteiger partial charge is 0.368 e. The molecular formula is C15H20N6O. The third-order valence-electron chi connectivity index (χ3n) is 3.54. The molecule has 7 nitrogen and oxygen atoms in total. The second kappa shape index (κ2) is 6.57. The third kappa shape index (κ3) is 3.43. The second-order valence-corrected chi connectivity index (χ2v) is 5.49. The number of nitrogens with zero attached hydrogens (tertiary/aromatic N) is 4. The van der Waals surface area contributed by atoms with Gasteiger partial charge in [0, 0.05) is 32.0 Å². The fourth-order valence-corrected chi connectivity index (χ4v) is 2.56. The van der Waals surface area contributed by atoms with Crippen LogP contribution in [0.15, 0.2) is 30.7 Å². The minimum absolute atomic E-state index is 0.0467. The van der Waals surface area contributed by atoms with Gasteiger partial charge in [0.15, 0.2) is 0 Å². The Hall–Kier alpha value is -2.41. The molecule has 22 heavy (non-hydrogen) atoms. The maximum Gasteiger partial charge on any atom is 0.238 e. The average Bonchev–Trinajstić information content (AvgIpc) is 2.91. The summed E-state index contributed by atoms with van der Waals surface area (Å²) in [4.78, 5) is 18.2. The number of anilines is 2. The quantitative estimate of drug-likeness (QED) is 0.867. The number of likely N-dealkylation sites (N-methyl/N-ethyl adjacent to an activating group) is 1. The maximum atomic E-state index is 12.2. The van der Waals surface area contributed by atoms with Crippen LogP contribution in [0, 0.1) is 0 Å². The number of rotatable bonds is 5. The van der Waals surface area contributed by atoms with Crippen LogP contribution in [0.1, 0.15) is 12.0 Å². The molecule has 2 aromatic heterocycles. The number of carbonyl (C=O) groups is 1. The van der Waals surface area contributed by atoms with Crippen LogP contribution in [0.4, 0.5) is 11.5 Å². The van der Waals surface area contributed by atoms with Gasteiger partial charge in [-0.25, -0.2) is 4.68 Å². The molecule has 0 fully saturated rings. The van der Waals surface area contributed by atoms with Gasteiger partial charge in [0.2, 0.25) is 5.91 Å². The summed E-state index contributed by atoms with van der Waals surface area (Å²) in [6, 6.07) is 3.90. The zero-order chi connectivity index (χ0) is 15.4. The third-order valence-corrected chi connectivity index (χ3v) is 3.54. The van der Waals surface area contributed by atoms with E-state index >= 15 is 0 Å². The number of fused-ring (bicyclic) bond motifs is 1. The van der Waals surface area contributed by atoms with E-state index in [0.717, 1.165) is 36.6 Å². The average molecular weight is 300 g/mol. The lowest BCUT2D eigenvalue weighted by Crippen LogP contribution is -2.30. The maximum absolute atomic E-state index is 12.2. The molecule has 7 heteroatoms. The van der Waals surface area contributed by atoms with Gasteiger partial charge >= 0.3 is 0 Å². The van der Waals surface area contributed by atoms with Crippen molar-refractivity contribution in [2.24, 2.45) is 0 Å². The first-order valence-electron chi connectivity index (χ1n) is 7.39. The van der Waals surface area contributed by atoms with Crippen LogP contribution >= 0.6 is 0 Å². The summed E-state index contributed by atoms with van der Waals surface area (Å²) in [6.45, 7) is 2.81. The van der Waals surface area contributed by atoms with E-state index in [-0.39, 0.29) is 5.91 Å². The Labute approximate surface area is 129 Å². The van der Waals surface area contributed by atoms with Gasteiger partial charge in [0.1, 0.15) is 11.5 Å². The van der Waals surface area contributed by atoms with Crippen molar-refractivity contribution in [3.63, 3.8) is 0 Å². The summed E-state index contributed by atoms with van der Waals surface area (Å²) in [5.41, 5.74) is 1.84. The van der Waals surface area contributed by atoms with Crippen LogP contribution < -0.4 is 10.6 Å². The molecule has 0 aliphatic carbocycles. The molecule has 0 spiro atoms. The normalized spacial score (nSPS) is 13.5.